The SMILES string of the molecule is COCCC(=O)NCCNC(=O)c1ccccc1O. The number of rotatable bonds is 7. The molecule has 1 aromatic carbocycles. The van der Waals surface area contributed by atoms with Crippen LogP contribution in [-0.2, 0) is 9.53 Å². The Morgan fingerprint density at radius 3 is 2.58 bits per heavy atom. The van der Waals surface area contributed by atoms with Gasteiger partial charge in [0.15, 0.2) is 0 Å². The van der Waals surface area contributed by atoms with Gasteiger partial charge < -0.3 is 20.5 Å². The first-order chi connectivity index (χ1) is 9.15. The molecule has 0 aliphatic rings. The Balaban J connectivity index is 2.25. The van der Waals surface area contributed by atoms with Gasteiger partial charge in [-0.1, -0.05) is 12.1 Å². The number of para-hydroxylation sites is 1. The minimum Gasteiger partial charge on any atom is -0.507 e. The molecule has 0 atom stereocenters. The van der Waals surface area contributed by atoms with Crippen LogP contribution in [0.5, 0.6) is 5.75 Å². The van der Waals surface area contributed by atoms with Gasteiger partial charge in [-0.15, -0.1) is 0 Å². The van der Waals surface area contributed by atoms with Crippen molar-refractivity contribution in [1.82, 2.24) is 10.6 Å². The van der Waals surface area contributed by atoms with E-state index in [2.05, 4.69) is 10.6 Å². The standard InChI is InChI=1S/C13H18N2O4/c1-19-9-6-12(17)14-7-8-15-13(18)10-4-2-3-5-11(10)16/h2-5,16H,6-9H2,1H3,(H,14,17)(H,15,18). The number of carbonyl (C=O) groups is 2. The summed E-state index contributed by atoms with van der Waals surface area (Å²) in [4.78, 5) is 22.9. The van der Waals surface area contributed by atoms with Crippen LogP contribution >= 0.6 is 0 Å². The molecule has 0 saturated heterocycles. The van der Waals surface area contributed by atoms with Crippen LogP contribution in [0.3, 0.4) is 0 Å². The fourth-order valence-electron chi connectivity index (χ4n) is 1.42. The van der Waals surface area contributed by atoms with Crippen LogP contribution in [0.15, 0.2) is 24.3 Å². The Morgan fingerprint density at radius 2 is 1.89 bits per heavy atom. The van der Waals surface area contributed by atoms with E-state index in [1.165, 1.54) is 19.2 Å². The van der Waals surface area contributed by atoms with Crippen LogP contribution in [0.2, 0.25) is 0 Å². The zero-order valence-electron chi connectivity index (χ0n) is 10.8. The smallest absolute Gasteiger partial charge is 0.255 e. The zero-order valence-corrected chi connectivity index (χ0v) is 10.8. The van der Waals surface area contributed by atoms with Crippen molar-refractivity contribution in [2.24, 2.45) is 0 Å². The van der Waals surface area contributed by atoms with Crippen LogP contribution in [0, 0.1) is 0 Å². The lowest BCUT2D eigenvalue weighted by molar-refractivity contribution is -0.121. The van der Waals surface area contributed by atoms with Gasteiger partial charge in [-0.25, -0.2) is 0 Å². The Labute approximate surface area is 111 Å². The summed E-state index contributed by atoms with van der Waals surface area (Å²) in [6, 6.07) is 6.28. The van der Waals surface area contributed by atoms with Gasteiger partial charge in [0.25, 0.3) is 5.91 Å². The normalized spacial score (nSPS) is 9.95. The lowest BCUT2D eigenvalue weighted by Gasteiger charge is -2.07. The molecule has 6 nitrogen and oxygen atoms in total. The lowest BCUT2D eigenvalue weighted by Crippen LogP contribution is -2.35. The summed E-state index contributed by atoms with van der Waals surface area (Å²) in [6.45, 7) is 1.00. The largest absolute Gasteiger partial charge is 0.507 e. The van der Waals surface area contributed by atoms with E-state index in [0.717, 1.165) is 0 Å². The van der Waals surface area contributed by atoms with E-state index in [4.69, 9.17) is 4.74 Å². The second kappa shape index (κ2) is 8.10. The van der Waals surface area contributed by atoms with E-state index in [1.807, 2.05) is 0 Å². The molecule has 104 valence electrons. The highest BCUT2D eigenvalue weighted by atomic mass is 16.5. The minimum atomic E-state index is -0.371. The summed E-state index contributed by atoms with van der Waals surface area (Å²) in [5.41, 5.74) is 0.216. The Morgan fingerprint density at radius 1 is 1.21 bits per heavy atom. The Kier molecular flexibility index (Phi) is 6.38. The van der Waals surface area contributed by atoms with Crippen LogP contribution in [0.4, 0.5) is 0 Å². The number of phenols is 1. The first-order valence-electron chi connectivity index (χ1n) is 5.97. The topological polar surface area (TPSA) is 87.7 Å². The number of hydrogen-bond donors (Lipinski definition) is 3. The second-order valence-electron chi connectivity index (χ2n) is 3.87. The van der Waals surface area contributed by atoms with Crippen molar-refractivity contribution in [3.63, 3.8) is 0 Å². The van der Waals surface area contributed by atoms with Crippen molar-refractivity contribution in [2.75, 3.05) is 26.8 Å². The first kappa shape index (κ1) is 15.0. The van der Waals surface area contributed by atoms with Gasteiger partial charge in [0.05, 0.1) is 12.2 Å². The number of benzene rings is 1. The summed E-state index contributed by atoms with van der Waals surface area (Å²) >= 11 is 0. The van der Waals surface area contributed by atoms with E-state index in [1.54, 1.807) is 12.1 Å². The molecule has 0 saturated carbocycles. The first-order valence-corrected chi connectivity index (χ1v) is 5.97. The van der Waals surface area contributed by atoms with Crippen molar-refractivity contribution in [3.05, 3.63) is 29.8 Å². The van der Waals surface area contributed by atoms with Crippen LogP contribution < -0.4 is 10.6 Å². The van der Waals surface area contributed by atoms with Gasteiger partial charge in [-0.05, 0) is 12.1 Å². The van der Waals surface area contributed by atoms with E-state index in [-0.39, 0.29) is 23.1 Å². The van der Waals surface area contributed by atoms with Crippen LogP contribution in [0.1, 0.15) is 16.8 Å². The zero-order chi connectivity index (χ0) is 14.1. The number of carbonyl (C=O) groups excluding carboxylic acids is 2. The highest BCUT2D eigenvalue weighted by Crippen LogP contribution is 2.14. The average molecular weight is 266 g/mol. The molecule has 0 aliphatic heterocycles. The summed E-state index contributed by atoms with van der Waals surface area (Å²) in [5, 5.41) is 14.7. The fraction of sp³-hybridized carbons (Fsp3) is 0.385. The van der Waals surface area contributed by atoms with Crippen molar-refractivity contribution >= 4 is 11.8 Å². The third-order valence-electron chi connectivity index (χ3n) is 2.41. The molecule has 1 aromatic rings. The molecule has 0 radical (unpaired) electrons. The number of ether oxygens (including phenoxy) is 1. The highest BCUT2D eigenvalue weighted by Gasteiger charge is 2.09. The summed E-state index contributed by atoms with van der Waals surface area (Å²) < 4.78 is 4.77. The number of amides is 2. The minimum absolute atomic E-state index is 0.0656. The molecule has 0 aromatic heterocycles. The maximum absolute atomic E-state index is 11.7. The van der Waals surface area contributed by atoms with Crippen molar-refractivity contribution in [2.45, 2.75) is 6.42 Å². The summed E-state index contributed by atoms with van der Waals surface area (Å²) in [5.74, 6) is -0.563. The van der Waals surface area contributed by atoms with Gasteiger partial charge in [-0.3, -0.25) is 9.59 Å². The molecule has 1 rings (SSSR count). The van der Waals surface area contributed by atoms with Gasteiger partial charge in [0.2, 0.25) is 5.91 Å². The third-order valence-corrected chi connectivity index (χ3v) is 2.41. The van der Waals surface area contributed by atoms with Gasteiger partial charge >= 0.3 is 0 Å². The maximum atomic E-state index is 11.7. The van der Waals surface area contributed by atoms with Crippen LogP contribution in [0.25, 0.3) is 0 Å². The average Bonchev–Trinajstić information content (AvgIpc) is 2.41. The quantitative estimate of drug-likeness (QED) is 0.618. The highest BCUT2D eigenvalue weighted by molar-refractivity contribution is 5.96. The fourth-order valence-corrected chi connectivity index (χ4v) is 1.42. The third kappa shape index (κ3) is 5.39. The second-order valence-corrected chi connectivity index (χ2v) is 3.87. The monoisotopic (exact) mass is 266 g/mol. The number of aromatic hydroxyl groups is 1. The molecule has 3 N–H and O–H groups in total. The van der Waals surface area contributed by atoms with E-state index in [9.17, 15) is 14.7 Å². The summed E-state index contributed by atoms with van der Waals surface area (Å²) in [6.07, 6.45) is 0.296. The number of hydrogen-bond acceptors (Lipinski definition) is 4. The van der Waals surface area contributed by atoms with Gasteiger partial charge in [0, 0.05) is 26.6 Å². The Hall–Kier alpha value is -2.08. The molecule has 2 amide bonds. The van der Waals surface area contributed by atoms with Crippen molar-refractivity contribution in [3.8, 4) is 5.75 Å². The van der Waals surface area contributed by atoms with E-state index in [0.29, 0.717) is 26.1 Å². The number of nitrogens with one attached hydrogen (secondary N) is 2. The molecule has 0 spiro atoms. The molecule has 0 aliphatic carbocycles. The summed E-state index contributed by atoms with van der Waals surface area (Å²) in [7, 11) is 1.53. The van der Waals surface area contributed by atoms with Gasteiger partial charge in [0.1, 0.15) is 5.75 Å². The molecule has 6 heteroatoms. The molecule has 0 fully saturated rings. The Bertz CT molecular complexity index is 434. The van der Waals surface area contributed by atoms with Crippen molar-refractivity contribution in [1.29, 1.82) is 0 Å². The predicted octanol–water partition coefficient (Wildman–Crippen LogP) is 0.275. The number of phenolic OH excluding ortho intramolecular Hbond substituents is 1. The molecule has 0 bridgehead atoms. The van der Waals surface area contributed by atoms with Crippen molar-refractivity contribution < 1.29 is 19.4 Å². The number of methoxy groups -OCH3 is 1. The predicted molar refractivity (Wildman–Crippen MR) is 69.9 cm³/mol. The van der Waals surface area contributed by atoms with Crippen LogP contribution in [-0.4, -0.2) is 43.7 Å². The van der Waals surface area contributed by atoms with E-state index >= 15 is 0 Å². The van der Waals surface area contributed by atoms with Gasteiger partial charge in [-0.2, -0.15) is 0 Å². The molecule has 0 heterocycles. The molecular weight excluding hydrogens is 248 g/mol. The lowest BCUT2D eigenvalue weighted by atomic mass is 10.2. The van der Waals surface area contributed by atoms with E-state index < -0.39 is 0 Å². The molecule has 19 heavy (non-hydrogen) atoms. The molecule has 0 unspecified atom stereocenters. The maximum Gasteiger partial charge on any atom is 0.255 e. The molecular formula is C13H18N2O4.